The molecule has 3 rings (SSSR count). The second kappa shape index (κ2) is 4.59. The maximum Gasteiger partial charge on any atom is -0.0261 e. The Kier molecular flexibility index (Phi) is 3.26. The fraction of sp³-hybridized carbons (Fsp3) is 1.00. The van der Waals surface area contributed by atoms with E-state index >= 15 is 0 Å². The summed E-state index contributed by atoms with van der Waals surface area (Å²) < 4.78 is 0. The molecule has 17 heavy (non-hydrogen) atoms. The van der Waals surface area contributed by atoms with Gasteiger partial charge in [0.25, 0.3) is 0 Å². The highest BCUT2D eigenvalue weighted by molar-refractivity contribution is 5.13. The van der Waals surface area contributed by atoms with Crippen LogP contribution in [0.5, 0.6) is 0 Å². The lowest BCUT2D eigenvalue weighted by Gasteiger charge is -2.33. The van der Waals surface area contributed by atoms with Crippen LogP contribution in [0.3, 0.4) is 0 Å². The Morgan fingerprint density at radius 1 is 1.06 bits per heavy atom. The Balaban J connectivity index is 1.69. The van der Waals surface area contributed by atoms with Gasteiger partial charge >= 0.3 is 0 Å². The largest absolute Gasteiger partial charge is 0.0654 e. The molecule has 0 bridgehead atoms. The van der Waals surface area contributed by atoms with Crippen LogP contribution in [0.25, 0.3) is 0 Å². The molecule has 0 aromatic carbocycles. The van der Waals surface area contributed by atoms with Gasteiger partial charge in [-0.25, -0.2) is 0 Å². The maximum atomic E-state index is 2.62. The van der Waals surface area contributed by atoms with Crippen molar-refractivity contribution >= 4 is 0 Å². The van der Waals surface area contributed by atoms with Crippen LogP contribution in [0.15, 0.2) is 0 Å². The van der Waals surface area contributed by atoms with E-state index in [1.54, 1.807) is 32.1 Å². The summed E-state index contributed by atoms with van der Waals surface area (Å²) >= 11 is 0. The summed E-state index contributed by atoms with van der Waals surface area (Å²) in [6, 6.07) is 0. The lowest BCUT2D eigenvalue weighted by Crippen LogP contribution is -2.24. The Labute approximate surface area is 108 Å². The molecule has 0 heterocycles. The number of unbranched alkanes of at least 4 members (excludes halogenated alkanes) is 1. The smallest absolute Gasteiger partial charge is 0.0261 e. The first-order valence-electron chi connectivity index (χ1n) is 8.27. The summed E-state index contributed by atoms with van der Waals surface area (Å²) in [4.78, 5) is 0. The quantitative estimate of drug-likeness (QED) is 0.611. The average Bonchev–Trinajstić information content (AvgIpc) is 2.98. The van der Waals surface area contributed by atoms with Crippen LogP contribution >= 0.6 is 0 Å². The van der Waals surface area contributed by atoms with Gasteiger partial charge in [0.15, 0.2) is 0 Å². The fourth-order valence-corrected chi connectivity index (χ4v) is 5.51. The molecule has 5 unspecified atom stereocenters. The van der Waals surface area contributed by atoms with Gasteiger partial charge in [0, 0.05) is 0 Å². The van der Waals surface area contributed by atoms with Crippen molar-refractivity contribution in [3.63, 3.8) is 0 Å². The number of hydrogen-bond acceptors (Lipinski definition) is 0. The summed E-state index contributed by atoms with van der Waals surface area (Å²) in [5.74, 6) is 4.53. The van der Waals surface area contributed by atoms with E-state index in [1.165, 1.54) is 32.1 Å². The van der Waals surface area contributed by atoms with Crippen LogP contribution < -0.4 is 0 Å². The highest BCUT2D eigenvalue weighted by Crippen LogP contribution is 2.72. The molecule has 5 atom stereocenters. The van der Waals surface area contributed by atoms with Crippen LogP contribution in [0.4, 0.5) is 0 Å². The SMILES string of the molecule is CCCCC1C2C3CCCCCC3CCC12C. The van der Waals surface area contributed by atoms with Crippen LogP contribution in [-0.2, 0) is 0 Å². The predicted octanol–water partition coefficient (Wildman–Crippen LogP) is 5.42. The normalized spacial score (nSPS) is 49.1. The van der Waals surface area contributed by atoms with Crippen molar-refractivity contribution in [3.8, 4) is 0 Å². The molecule has 3 fully saturated rings. The summed E-state index contributed by atoms with van der Waals surface area (Å²) in [5.41, 5.74) is 0.792. The average molecular weight is 234 g/mol. The second-order valence-electron chi connectivity index (χ2n) is 7.38. The van der Waals surface area contributed by atoms with Crippen LogP contribution in [0.1, 0.15) is 78.1 Å². The summed E-state index contributed by atoms with van der Waals surface area (Å²) in [5, 5.41) is 0. The number of hydrogen-bond donors (Lipinski definition) is 0. The molecule has 0 saturated heterocycles. The van der Waals surface area contributed by atoms with E-state index in [9.17, 15) is 0 Å². The van der Waals surface area contributed by atoms with Gasteiger partial charge in [0.1, 0.15) is 0 Å². The van der Waals surface area contributed by atoms with Gasteiger partial charge in [-0.15, -0.1) is 0 Å². The third-order valence-corrected chi connectivity index (χ3v) is 6.53. The van der Waals surface area contributed by atoms with Crippen molar-refractivity contribution in [3.05, 3.63) is 0 Å². The summed E-state index contributed by atoms with van der Waals surface area (Å²) in [6.07, 6.45) is 15.3. The Bertz CT molecular complexity index is 269. The summed E-state index contributed by atoms with van der Waals surface area (Å²) in [7, 11) is 0. The van der Waals surface area contributed by atoms with E-state index in [1.807, 2.05) is 0 Å². The molecule has 0 heteroatoms. The zero-order valence-electron chi connectivity index (χ0n) is 11.9. The first-order chi connectivity index (χ1) is 8.27. The van der Waals surface area contributed by atoms with Gasteiger partial charge in [-0.3, -0.25) is 0 Å². The van der Waals surface area contributed by atoms with Gasteiger partial charge in [0.2, 0.25) is 0 Å². The zero-order valence-corrected chi connectivity index (χ0v) is 11.9. The van der Waals surface area contributed by atoms with Crippen molar-refractivity contribution in [2.24, 2.45) is 29.1 Å². The van der Waals surface area contributed by atoms with Gasteiger partial charge in [-0.05, 0) is 54.8 Å². The highest BCUT2D eigenvalue weighted by Gasteiger charge is 2.65. The van der Waals surface area contributed by atoms with Crippen LogP contribution in [0.2, 0.25) is 0 Å². The Morgan fingerprint density at radius 3 is 2.71 bits per heavy atom. The topological polar surface area (TPSA) is 0 Å². The summed E-state index contributed by atoms with van der Waals surface area (Å²) in [6.45, 7) is 4.97. The third-order valence-electron chi connectivity index (χ3n) is 6.53. The van der Waals surface area contributed by atoms with E-state index in [0.717, 1.165) is 29.1 Å². The highest BCUT2D eigenvalue weighted by atomic mass is 14.7. The molecular weight excluding hydrogens is 204 g/mol. The van der Waals surface area contributed by atoms with Gasteiger partial charge in [0.05, 0.1) is 0 Å². The molecule has 3 aliphatic rings. The minimum atomic E-state index is 0.792. The van der Waals surface area contributed by atoms with Crippen molar-refractivity contribution in [2.45, 2.75) is 78.1 Å². The Hall–Kier alpha value is 0. The molecule has 0 aliphatic heterocycles. The van der Waals surface area contributed by atoms with E-state index in [4.69, 9.17) is 0 Å². The predicted molar refractivity (Wildman–Crippen MR) is 73.9 cm³/mol. The molecule has 0 radical (unpaired) electrons. The first kappa shape index (κ1) is 12.1. The van der Waals surface area contributed by atoms with Crippen molar-refractivity contribution in [1.82, 2.24) is 0 Å². The van der Waals surface area contributed by atoms with E-state index in [2.05, 4.69) is 13.8 Å². The maximum absolute atomic E-state index is 2.62. The standard InChI is InChI=1S/C17H30/c1-3-4-10-15-16-14-9-7-5-6-8-13(14)11-12-17(15,16)2/h13-16H,3-12H2,1-2H3. The molecule has 0 N–H and O–H groups in total. The molecule has 98 valence electrons. The molecule has 3 saturated carbocycles. The minimum Gasteiger partial charge on any atom is -0.0654 e. The monoisotopic (exact) mass is 234 g/mol. The zero-order chi connectivity index (χ0) is 11.9. The van der Waals surface area contributed by atoms with Crippen LogP contribution in [0, 0.1) is 29.1 Å². The van der Waals surface area contributed by atoms with Crippen molar-refractivity contribution < 1.29 is 0 Å². The van der Waals surface area contributed by atoms with Gasteiger partial charge < -0.3 is 0 Å². The van der Waals surface area contributed by atoms with Crippen molar-refractivity contribution in [1.29, 1.82) is 0 Å². The van der Waals surface area contributed by atoms with Crippen LogP contribution in [-0.4, -0.2) is 0 Å². The molecular formula is C17H30. The lowest BCUT2D eigenvalue weighted by molar-refractivity contribution is 0.170. The number of rotatable bonds is 3. The lowest BCUT2D eigenvalue weighted by atomic mass is 9.72. The van der Waals surface area contributed by atoms with Gasteiger partial charge in [-0.1, -0.05) is 52.4 Å². The van der Waals surface area contributed by atoms with Gasteiger partial charge in [-0.2, -0.15) is 0 Å². The minimum absolute atomic E-state index is 0.792. The number of fused-ring (bicyclic) bond motifs is 3. The van der Waals surface area contributed by atoms with E-state index in [0.29, 0.717) is 0 Å². The molecule has 0 spiro atoms. The molecule has 0 aromatic heterocycles. The Morgan fingerprint density at radius 2 is 1.88 bits per heavy atom. The first-order valence-corrected chi connectivity index (χ1v) is 8.27. The molecule has 0 amide bonds. The molecule has 3 aliphatic carbocycles. The fourth-order valence-electron chi connectivity index (χ4n) is 5.51. The molecule has 0 aromatic rings. The third kappa shape index (κ3) is 1.96. The second-order valence-corrected chi connectivity index (χ2v) is 7.38. The van der Waals surface area contributed by atoms with E-state index in [-0.39, 0.29) is 0 Å². The van der Waals surface area contributed by atoms with Crippen molar-refractivity contribution in [2.75, 3.05) is 0 Å². The van der Waals surface area contributed by atoms with E-state index < -0.39 is 0 Å². The molecule has 0 nitrogen and oxygen atoms in total.